The Morgan fingerprint density at radius 1 is 1.40 bits per heavy atom. The van der Waals surface area contributed by atoms with Crippen LogP contribution < -0.4 is 5.32 Å². The molecule has 0 bridgehead atoms. The molecule has 0 amide bonds. The fourth-order valence-corrected chi connectivity index (χ4v) is 2.79. The van der Waals surface area contributed by atoms with Crippen LogP contribution in [0.15, 0.2) is 29.3 Å². The standard InChI is InChI=1S/C18H28ClN3O2.HI/c1-20-18(22(2)12-15-4-6-17(19)7-5-15)21-9-3-10-23-13-16-8-11-24-14-16;/h4-7,16H,3,8-14H2,1-2H3,(H,20,21);1H. The van der Waals surface area contributed by atoms with E-state index in [9.17, 15) is 0 Å². The van der Waals surface area contributed by atoms with Crippen molar-refractivity contribution in [3.63, 3.8) is 0 Å². The summed E-state index contributed by atoms with van der Waals surface area (Å²) in [5, 5.41) is 4.13. The van der Waals surface area contributed by atoms with Gasteiger partial charge in [-0.15, -0.1) is 24.0 Å². The van der Waals surface area contributed by atoms with Gasteiger partial charge in [0.25, 0.3) is 0 Å². The van der Waals surface area contributed by atoms with Gasteiger partial charge in [-0.25, -0.2) is 0 Å². The minimum atomic E-state index is 0. The molecule has 7 heteroatoms. The van der Waals surface area contributed by atoms with Crippen LogP contribution in [0.2, 0.25) is 5.02 Å². The summed E-state index contributed by atoms with van der Waals surface area (Å²) >= 11 is 5.92. The third-order valence-corrected chi connectivity index (χ3v) is 4.28. The van der Waals surface area contributed by atoms with Crippen LogP contribution in [0.4, 0.5) is 0 Å². The van der Waals surface area contributed by atoms with Crippen LogP contribution in [0, 0.1) is 5.92 Å². The predicted molar refractivity (Wildman–Crippen MR) is 114 cm³/mol. The molecule has 1 N–H and O–H groups in total. The van der Waals surface area contributed by atoms with E-state index in [1.54, 1.807) is 7.05 Å². The molecule has 0 spiro atoms. The van der Waals surface area contributed by atoms with Gasteiger partial charge in [-0.1, -0.05) is 23.7 Å². The molecule has 25 heavy (non-hydrogen) atoms. The highest BCUT2D eigenvalue weighted by Gasteiger charge is 2.15. The number of halogens is 2. The Balaban J connectivity index is 0.00000312. The Hall–Kier alpha value is -0.570. The number of hydrogen-bond donors (Lipinski definition) is 1. The van der Waals surface area contributed by atoms with E-state index in [0.29, 0.717) is 5.92 Å². The first-order valence-corrected chi connectivity index (χ1v) is 8.88. The van der Waals surface area contributed by atoms with Gasteiger partial charge < -0.3 is 19.7 Å². The smallest absolute Gasteiger partial charge is 0.193 e. The van der Waals surface area contributed by atoms with Crippen molar-refractivity contribution in [2.45, 2.75) is 19.4 Å². The number of ether oxygens (including phenoxy) is 2. The lowest BCUT2D eigenvalue weighted by atomic mass is 10.1. The summed E-state index contributed by atoms with van der Waals surface area (Å²) in [7, 11) is 3.83. The van der Waals surface area contributed by atoms with Crippen LogP contribution in [-0.4, -0.2) is 57.9 Å². The Labute approximate surface area is 173 Å². The second kappa shape index (κ2) is 12.7. The highest BCUT2D eigenvalue weighted by molar-refractivity contribution is 14.0. The van der Waals surface area contributed by atoms with E-state index in [4.69, 9.17) is 21.1 Å². The molecule has 1 aliphatic rings. The molecule has 0 saturated carbocycles. The molecule has 0 aliphatic carbocycles. The van der Waals surface area contributed by atoms with Gasteiger partial charge in [-0.05, 0) is 30.5 Å². The number of rotatable bonds is 8. The summed E-state index contributed by atoms with van der Waals surface area (Å²) in [6.07, 6.45) is 2.09. The maximum atomic E-state index is 5.92. The van der Waals surface area contributed by atoms with Crippen molar-refractivity contribution in [3.05, 3.63) is 34.9 Å². The first kappa shape index (κ1) is 22.5. The summed E-state index contributed by atoms with van der Waals surface area (Å²) in [5.74, 6) is 1.46. The average Bonchev–Trinajstić information content (AvgIpc) is 3.09. The predicted octanol–water partition coefficient (Wildman–Crippen LogP) is 3.41. The summed E-state index contributed by atoms with van der Waals surface area (Å²) in [5.41, 5.74) is 1.20. The molecule has 1 aromatic carbocycles. The van der Waals surface area contributed by atoms with E-state index >= 15 is 0 Å². The number of hydrogen-bond acceptors (Lipinski definition) is 3. The van der Waals surface area contributed by atoms with Gasteiger partial charge in [-0.2, -0.15) is 0 Å². The van der Waals surface area contributed by atoms with Crippen LogP contribution in [0.1, 0.15) is 18.4 Å². The number of guanidine groups is 1. The van der Waals surface area contributed by atoms with E-state index in [-0.39, 0.29) is 24.0 Å². The zero-order valence-electron chi connectivity index (χ0n) is 15.0. The Morgan fingerprint density at radius 3 is 2.80 bits per heavy atom. The van der Waals surface area contributed by atoms with Gasteiger partial charge in [0.2, 0.25) is 0 Å². The zero-order valence-corrected chi connectivity index (χ0v) is 18.1. The van der Waals surface area contributed by atoms with Crippen molar-refractivity contribution >= 4 is 41.5 Å². The van der Waals surface area contributed by atoms with Gasteiger partial charge in [-0.3, -0.25) is 4.99 Å². The normalized spacial score (nSPS) is 17.2. The molecule has 142 valence electrons. The van der Waals surface area contributed by atoms with E-state index in [1.807, 2.05) is 31.3 Å². The van der Waals surface area contributed by atoms with Crippen LogP contribution >= 0.6 is 35.6 Å². The maximum Gasteiger partial charge on any atom is 0.193 e. The number of nitrogens with zero attached hydrogens (tertiary/aromatic N) is 2. The van der Waals surface area contributed by atoms with Gasteiger partial charge in [0, 0.05) is 51.3 Å². The molecule has 1 heterocycles. The molecule has 1 fully saturated rings. The third kappa shape index (κ3) is 8.57. The largest absolute Gasteiger partial charge is 0.381 e. The van der Waals surface area contributed by atoms with E-state index in [1.165, 1.54) is 5.56 Å². The van der Waals surface area contributed by atoms with Crippen LogP contribution in [-0.2, 0) is 16.0 Å². The molecular weight excluding hydrogens is 453 g/mol. The van der Waals surface area contributed by atoms with E-state index < -0.39 is 0 Å². The molecule has 1 saturated heterocycles. The first-order chi connectivity index (χ1) is 11.7. The Morgan fingerprint density at radius 2 is 2.16 bits per heavy atom. The fourth-order valence-electron chi connectivity index (χ4n) is 2.66. The highest BCUT2D eigenvalue weighted by atomic mass is 127. The summed E-state index contributed by atoms with van der Waals surface area (Å²) in [6, 6.07) is 7.89. The summed E-state index contributed by atoms with van der Waals surface area (Å²) in [6.45, 7) is 4.94. The van der Waals surface area contributed by atoms with Crippen LogP contribution in [0.5, 0.6) is 0 Å². The quantitative estimate of drug-likeness (QED) is 0.268. The lowest BCUT2D eigenvalue weighted by Crippen LogP contribution is -2.39. The second-order valence-electron chi connectivity index (χ2n) is 6.11. The average molecular weight is 482 g/mol. The molecule has 1 aromatic rings. The minimum Gasteiger partial charge on any atom is -0.381 e. The molecular formula is C18H29ClIN3O2. The monoisotopic (exact) mass is 481 g/mol. The maximum absolute atomic E-state index is 5.92. The molecule has 5 nitrogen and oxygen atoms in total. The molecule has 2 rings (SSSR count). The van der Waals surface area contributed by atoms with Gasteiger partial charge in [0.15, 0.2) is 5.96 Å². The molecule has 0 radical (unpaired) electrons. The van der Waals surface area contributed by atoms with Crippen molar-refractivity contribution in [1.82, 2.24) is 10.2 Å². The zero-order chi connectivity index (χ0) is 17.2. The SMILES string of the molecule is CN=C(NCCCOCC1CCOC1)N(C)Cc1ccc(Cl)cc1.I. The second-order valence-corrected chi connectivity index (χ2v) is 6.55. The van der Waals surface area contributed by atoms with Crippen molar-refractivity contribution in [2.24, 2.45) is 10.9 Å². The van der Waals surface area contributed by atoms with Gasteiger partial charge in [0.05, 0.1) is 13.2 Å². The number of aliphatic imine (C=N–C) groups is 1. The Bertz CT molecular complexity index is 508. The number of nitrogens with one attached hydrogen (secondary N) is 1. The number of benzene rings is 1. The summed E-state index contributed by atoms with van der Waals surface area (Å²) < 4.78 is 11.1. The van der Waals surface area contributed by atoms with Crippen molar-refractivity contribution in [1.29, 1.82) is 0 Å². The summed E-state index contributed by atoms with van der Waals surface area (Å²) in [4.78, 5) is 6.43. The van der Waals surface area contributed by atoms with E-state index in [0.717, 1.165) is 63.3 Å². The van der Waals surface area contributed by atoms with Crippen molar-refractivity contribution in [3.8, 4) is 0 Å². The Kier molecular flexibility index (Phi) is 11.4. The molecule has 0 aromatic heterocycles. The van der Waals surface area contributed by atoms with Gasteiger partial charge in [0.1, 0.15) is 0 Å². The minimum absolute atomic E-state index is 0. The molecule has 1 atom stereocenters. The lowest BCUT2D eigenvalue weighted by molar-refractivity contribution is 0.0887. The molecule has 1 aliphatic heterocycles. The lowest BCUT2D eigenvalue weighted by Gasteiger charge is -2.22. The topological polar surface area (TPSA) is 46.1 Å². The van der Waals surface area contributed by atoms with E-state index in [2.05, 4.69) is 15.2 Å². The van der Waals surface area contributed by atoms with Crippen molar-refractivity contribution in [2.75, 3.05) is 47.1 Å². The molecule has 1 unspecified atom stereocenters. The van der Waals surface area contributed by atoms with Gasteiger partial charge >= 0.3 is 0 Å². The van der Waals surface area contributed by atoms with Crippen molar-refractivity contribution < 1.29 is 9.47 Å². The van der Waals surface area contributed by atoms with Crippen LogP contribution in [0.25, 0.3) is 0 Å². The highest BCUT2D eigenvalue weighted by Crippen LogP contribution is 2.12. The fraction of sp³-hybridized carbons (Fsp3) is 0.611. The van der Waals surface area contributed by atoms with Crippen LogP contribution in [0.3, 0.4) is 0 Å². The third-order valence-electron chi connectivity index (χ3n) is 4.03. The first-order valence-electron chi connectivity index (χ1n) is 8.50.